The summed E-state index contributed by atoms with van der Waals surface area (Å²) in [6.45, 7) is 4.57. The van der Waals surface area contributed by atoms with Crippen LogP contribution in [0.2, 0.25) is 0 Å². The normalized spacial score (nSPS) is 23.9. The van der Waals surface area contributed by atoms with Gasteiger partial charge in [-0.15, -0.1) is 0 Å². The van der Waals surface area contributed by atoms with E-state index in [0.717, 1.165) is 17.1 Å². The Morgan fingerprint density at radius 3 is 2.60 bits per heavy atom. The molecule has 0 amide bonds. The number of alkyl halides is 3. The monoisotopic (exact) mass is 311 g/mol. The molecule has 0 saturated carbocycles. The van der Waals surface area contributed by atoms with Crippen molar-refractivity contribution >= 4 is 15.9 Å². The maximum atomic E-state index is 12.2. The smallest absolute Gasteiger partial charge is 0.332 e. The van der Waals surface area contributed by atoms with Gasteiger partial charge >= 0.3 is 6.18 Å². The van der Waals surface area contributed by atoms with E-state index in [4.69, 9.17) is 0 Å². The molecule has 1 atom stereocenters. The number of hydrogen-bond donors (Lipinski definition) is 1. The highest BCUT2D eigenvalue weighted by molar-refractivity contribution is 7.89. The Morgan fingerprint density at radius 2 is 2.05 bits per heavy atom. The van der Waals surface area contributed by atoms with Crippen LogP contribution in [-0.2, 0) is 10.0 Å². The molecule has 0 aromatic heterocycles. The van der Waals surface area contributed by atoms with Crippen molar-refractivity contribution in [2.24, 2.45) is 4.99 Å². The van der Waals surface area contributed by atoms with Gasteiger partial charge in [0.15, 0.2) is 5.75 Å². The number of sulfonamides is 1. The Bertz CT molecular complexity index is 566. The Morgan fingerprint density at radius 1 is 1.40 bits per heavy atom. The second-order valence-electron chi connectivity index (χ2n) is 5.09. The summed E-state index contributed by atoms with van der Waals surface area (Å²) in [4.78, 5) is 6.13. The molecule has 0 aromatic rings. The third-order valence-electron chi connectivity index (χ3n) is 3.30. The first-order valence-corrected chi connectivity index (χ1v) is 7.76. The fourth-order valence-corrected chi connectivity index (χ4v) is 3.65. The first-order valence-electron chi connectivity index (χ1n) is 6.11. The zero-order valence-electron chi connectivity index (χ0n) is 11.2. The lowest BCUT2D eigenvalue weighted by Gasteiger charge is -2.25. The largest absolute Gasteiger partial charge is 0.404 e. The lowest BCUT2D eigenvalue weighted by Crippen LogP contribution is -2.42. The molecule has 2 aliphatic rings. The van der Waals surface area contributed by atoms with Gasteiger partial charge in [0.05, 0.1) is 6.54 Å². The van der Waals surface area contributed by atoms with Crippen molar-refractivity contribution < 1.29 is 21.6 Å². The second kappa shape index (κ2) is 5.03. The van der Waals surface area contributed by atoms with E-state index in [1.54, 1.807) is 6.92 Å². The van der Waals surface area contributed by atoms with Gasteiger partial charge in [0.25, 0.3) is 0 Å². The molecular formula is C11H16F3N3O2S. The number of rotatable bonds is 3. The molecule has 20 heavy (non-hydrogen) atoms. The highest BCUT2D eigenvalue weighted by Gasteiger charge is 2.38. The standard InChI is InChI=1S/C11H16F3N3O2S/c1-7-4-15-8(2)17-5-9(3-10(7)17)16-20(18,19)6-11(12,13)14/h9,16H,3-6H2,1-2H3. The number of aliphatic imine (C=N–C) groups is 1. The van der Waals surface area contributed by atoms with Crippen molar-refractivity contribution in [1.82, 2.24) is 9.62 Å². The predicted octanol–water partition coefficient (Wildman–Crippen LogP) is 1.25. The minimum absolute atomic E-state index is 0.319. The maximum Gasteiger partial charge on any atom is 0.404 e. The number of fused-ring (bicyclic) bond motifs is 1. The van der Waals surface area contributed by atoms with Gasteiger partial charge in [0.2, 0.25) is 10.0 Å². The average Bonchev–Trinajstić information content (AvgIpc) is 2.63. The Labute approximate surface area is 115 Å². The van der Waals surface area contributed by atoms with E-state index in [1.165, 1.54) is 0 Å². The van der Waals surface area contributed by atoms with E-state index < -0.39 is 28.0 Å². The number of nitrogens with one attached hydrogen (secondary N) is 1. The molecule has 0 bridgehead atoms. The van der Waals surface area contributed by atoms with Gasteiger partial charge < -0.3 is 4.90 Å². The molecule has 0 aromatic carbocycles. The van der Waals surface area contributed by atoms with E-state index in [2.05, 4.69) is 9.71 Å². The molecule has 2 heterocycles. The van der Waals surface area contributed by atoms with Gasteiger partial charge in [-0.05, 0) is 19.4 Å². The van der Waals surface area contributed by atoms with Crippen molar-refractivity contribution in [3.8, 4) is 0 Å². The summed E-state index contributed by atoms with van der Waals surface area (Å²) < 4.78 is 61.6. The summed E-state index contributed by atoms with van der Waals surface area (Å²) in [5.74, 6) is -1.08. The lowest BCUT2D eigenvalue weighted by molar-refractivity contribution is -0.106. The molecule has 5 nitrogen and oxygen atoms in total. The van der Waals surface area contributed by atoms with Crippen molar-refractivity contribution in [2.75, 3.05) is 18.8 Å². The van der Waals surface area contributed by atoms with Crippen molar-refractivity contribution in [2.45, 2.75) is 32.5 Å². The Balaban J connectivity index is 2.07. The van der Waals surface area contributed by atoms with Crippen LogP contribution in [0.1, 0.15) is 20.3 Å². The summed E-state index contributed by atoms with van der Waals surface area (Å²) in [5, 5.41) is 0. The van der Waals surface area contributed by atoms with Gasteiger partial charge in [0, 0.05) is 24.7 Å². The van der Waals surface area contributed by atoms with E-state index >= 15 is 0 Å². The molecule has 0 aliphatic carbocycles. The second-order valence-corrected chi connectivity index (χ2v) is 6.85. The summed E-state index contributed by atoms with van der Waals surface area (Å²) in [6, 6.07) is -0.546. The third kappa shape index (κ3) is 3.51. The van der Waals surface area contributed by atoms with Crippen LogP contribution in [0.5, 0.6) is 0 Å². The zero-order valence-corrected chi connectivity index (χ0v) is 12.0. The molecular weight excluding hydrogens is 295 g/mol. The van der Waals surface area contributed by atoms with Gasteiger partial charge in [-0.25, -0.2) is 13.1 Å². The van der Waals surface area contributed by atoms with Crippen LogP contribution >= 0.6 is 0 Å². The number of halogens is 3. The predicted molar refractivity (Wildman–Crippen MR) is 68.8 cm³/mol. The van der Waals surface area contributed by atoms with Crippen molar-refractivity contribution in [1.29, 1.82) is 0 Å². The summed E-state index contributed by atoms with van der Waals surface area (Å²) in [7, 11) is -4.36. The SMILES string of the molecule is CC1=NCC(C)=C2CC(NS(=O)(=O)CC(F)(F)F)CN12. The topological polar surface area (TPSA) is 61.8 Å². The van der Waals surface area contributed by atoms with E-state index in [1.807, 2.05) is 11.8 Å². The van der Waals surface area contributed by atoms with E-state index in [0.29, 0.717) is 19.5 Å². The molecule has 2 rings (SSSR count). The Kier molecular flexibility index (Phi) is 3.85. The number of hydrogen-bond acceptors (Lipinski definition) is 4. The number of amidine groups is 1. The highest BCUT2D eigenvalue weighted by atomic mass is 32.2. The molecule has 9 heteroatoms. The summed E-state index contributed by atoms with van der Waals surface area (Å²) >= 11 is 0. The van der Waals surface area contributed by atoms with Crippen LogP contribution in [-0.4, -0.2) is 50.2 Å². The van der Waals surface area contributed by atoms with Gasteiger partial charge in [-0.1, -0.05) is 0 Å². The van der Waals surface area contributed by atoms with Crippen molar-refractivity contribution in [3.05, 3.63) is 11.3 Å². The van der Waals surface area contributed by atoms with Crippen LogP contribution in [0.4, 0.5) is 13.2 Å². The molecule has 0 radical (unpaired) electrons. The van der Waals surface area contributed by atoms with Crippen molar-refractivity contribution in [3.63, 3.8) is 0 Å². The lowest BCUT2D eigenvalue weighted by atomic mass is 10.1. The van der Waals surface area contributed by atoms with Crippen LogP contribution in [0.3, 0.4) is 0 Å². The maximum absolute atomic E-state index is 12.2. The van der Waals surface area contributed by atoms with Gasteiger partial charge in [-0.3, -0.25) is 4.99 Å². The van der Waals surface area contributed by atoms with Gasteiger partial charge in [0.1, 0.15) is 5.84 Å². The average molecular weight is 311 g/mol. The van der Waals surface area contributed by atoms with Crippen LogP contribution < -0.4 is 4.72 Å². The molecule has 1 saturated heterocycles. The van der Waals surface area contributed by atoms with E-state index in [-0.39, 0.29) is 0 Å². The fraction of sp³-hybridized carbons (Fsp3) is 0.727. The zero-order chi connectivity index (χ0) is 15.1. The quantitative estimate of drug-likeness (QED) is 0.853. The number of nitrogens with zero attached hydrogens (tertiary/aromatic N) is 2. The molecule has 2 aliphatic heterocycles. The minimum Gasteiger partial charge on any atom is -0.332 e. The molecule has 1 N–H and O–H groups in total. The summed E-state index contributed by atoms with van der Waals surface area (Å²) in [5.41, 5.74) is 1.98. The highest BCUT2D eigenvalue weighted by Crippen LogP contribution is 2.29. The van der Waals surface area contributed by atoms with Crippen LogP contribution in [0.25, 0.3) is 0 Å². The van der Waals surface area contributed by atoms with Crippen LogP contribution in [0.15, 0.2) is 16.3 Å². The third-order valence-corrected chi connectivity index (χ3v) is 4.70. The minimum atomic E-state index is -4.73. The fourth-order valence-electron chi connectivity index (χ4n) is 2.47. The Hall–Kier alpha value is -1.09. The molecule has 1 unspecified atom stereocenters. The molecule has 114 valence electrons. The first kappa shape index (κ1) is 15.3. The molecule has 1 fully saturated rings. The van der Waals surface area contributed by atoms with Crippen LogP contribution in [0, 0.1) is 0 Å². The van der Waals surface area contributed by atoms with E-state index in [9.17, 15) is 21.6 Å². The molecule has 0 spiro atoms. The first-order chi connectivity index (χ1) is 9.07. The summed E-state index contributed by atoms with van der Waals surface area (Å²) in [6.07, 6.45) is -4.33. The van der Waals surface area contributed by atoms with Gasteiger partial charge in [-0.2, -0.15) is 13.2 Å².